The van der Waals surface area contributed by atoms with Crippen molar-refractivity contribution in [1.29, 1.82) is 0 Å². The molecule has 0 atom stereocenters. The Morgan fingerprint density at radius 3 is 2.09 bits per heavy atom. The van der Waals surface area contributed by atoms with Gasteiger partial charge in [0, 0.05) is 72.5 Å². The molecule has 5 aromatic carbocycles. The number of rotatable bonds is 11. The Morgan fingerprint density at radius 1 is 0.759 bits per heavy atom. The predicted molar refractivity (Wildman–Crippen MR) is 216 cm³/mol. The lowest BCUT2D eigenvalue weighted by Crippen LogP contribution is -2.46. The summed E-state index contributed by atoms with van der Waals surface area (Å²) in [6, 6.07) is 35.5. The largest absolute Gasteiger partial charge is 0.368 e. The van der Waals surface area contributed by atoms with Gasteiger partial charge in [-0.05, 0) is 127 Å². The number of benzene rings is 5. The maximum atomic E-state index is 13.8. The highest BCUT2D eigenvalue weighted by atomic mass is 32.2. The molecule has 0 bridgehead atoms. The molecule has 6 aromatic rings. The highest BCUT2D eigenvalue weighted by Crippen LogP contribution is 2.40. The summed E-state index contributed by atoms with van der Waals surface area (Å²) >= 11 is 1.20. The minimum atomic E-state index is -4.10. The molecule has 0 radical (unpaired) electrons. The van der Waals surface area contributed by atoms with Crippen LogP contribution in [0.25, 0.3) is 22.4 Å². The SMILES string of the molecule is Cc1c(-c2cccc(N3CCN(c4ccc(NS(=O)(=O)c5ccc(NSc6ccccc6)c([N+](=O)[O-])c5)cc4)CC3)c2)c(-c2ccc(F)cc2)n(C)c1C. The van der Waals surface area contributed by atoms with E-state index in [4.69, 9.17) is 0 Å². The molecule has 1 aliphatic heterocycles. The van der Waals surface area contributed by atoms with Crippen LogP contribution in [-0.2, 0) is 17.1 Å². The molecule has 0 unspecified atom stereocenters. The second kappa shape index (κ2) is 15.3. The zero-order valence-corrected chi connectivity index (χ0v) is 31.6. The van der Waals surface area contributed by atoms with Gasteiger partial charge in [0.05, 0.1) is 15.5 Å². The van der Waals surface area contributed by atoms with E-state index in [1.807, 2.05) is 61.6 Å². The van der Waals surface area contributed by atoms with E-state index in [0.717, 1.165) is 76.6 Å². The standard InChI is InChI=1S/C41H39FN6O4S2/c1-28-29(2)45(3)41(30-12-14-32(42)15-13-30)40(28)31-8-7-9-35(26-31)47-24-22-46(23-25-47)34-18-16-33(17-19-34)44-54(51,52)37-20-21-38(39(27-37)48(49)50)43-53-36-10-5-4-6-11-36/h4-21,26-27,43-44H,22-25H2,1-3H3. The number of nitrogens with one attached hydrogen (secondary N) is 2. The highest BCUT2D eigenvalue weighted by molar-refractivity contribution is 8.00. The van der Waals surface area contributed by atoms with E-state index in [2.05, 4.69) is 61.9 Å². The molecule has 1 saturated heterocycles. The second-order valence-corrected chi connectivity index (χ2v) is 15.7. The van der Waals surface area contributed by atoms with E-state index < -0.39 is 14.9 Å². The van der Waals surface area contributed by atoms with Crippen LogP contribution in [0.3, 0.4) is 0 Å². The van der Waals surface area contributed by atoms with Crippen LogP contribution in [-0.4, -0.2) is 44.1 Å². The average Bonchev–Trinajstić information content (AvgIpc) is 3.41. The molecular formula is C41H39FN6O4S2. The molecule has 13 heteroatoms. The summed E-state index contributed by atoms with van der Waals surface area (Å²) in [5.74, 6) is -0.260. The number of hydrogen-bond donors (Lipinski definition) is 2. The van der Waals surface area contributed by atoms with E-state index in [-0.39, 0.29) is 22.1 Å². The molecule has 1 aromatic heterocycles. The Bertz CT molecular complexity index is 2410. The number of sulfonamides is 1. The number of nitrogens with zero attached hydrogens (tertiary/aromatic N) is 4. The number of halogens is 1. The average molecular weight is 763 g/mol. The molecule has 0 saturated carbocycles. The molecule has 0 aliphatic carbocycles. The first-order valence-corrected chi connectivity index (χ1v) is 19.7. The maximum Gasteiger partial charge on any atom is 0.294 e. The van der Waals surface area contributed by atoms with Crippen molar-refractivity contribution in [1.82, 2.24) is 4.57 Å². The number of piperazine rings is 1. The zero-order valence-electron chi connectivity index (χ0n) is 30.0. The van der Waals surface area contributed by atoms with Crippen molar-refractivity contribution in [3.63, 3.8) is 0 Å². The molecule has 2 N–H and O–H groups in total. The summed E-state index contributed by atoms with van der Waals surface area (Å²) in [6.07, 6.45) is 0. The van der Waals surface area contributed by atoms with Crippen LogP contribution in [0, 0.1) is 29.8 Å². The summed E-state index contributed by atoms with van der Waals surface area (Å²) in [6.45, 7) is 7.37. The molecule has 1 fully saturated rings. The summed E-state index contributed by atoms with van der Waals surface area (Å²) in [5.41, 5.74) is 8.92. The first-order chi connectivity index (χ1) is 26.0. The Balaban J connectivity index is 1.01. The van der Waals surface area contributed by atoms with E-state index in [1.165, 1.54) is 41.8 Å². The molecule has 0 amide bonds. The van der Waals surface area contributed by atoms with E-state index >= 15 is 0 Å². The quantitative estimate of drug-likeness (QED) is 0.0764. The Kier molecular flexibility index (Phi) is 10.3. The van der Waals surface area contributed by atoms with Gasteiger partial charge in [-0.15, -0.1) is 0 Å². The van der Waals surface area contributed by atoms with E-state index in [1.54, 1.807) is 12.1 Å². The van der Waals surface area contributed by atoms with E-state index in [0.29, 0.717) is 5.69 Å². The number of nitro benzene ring substituents is 1. The number of aromatic nitrogens is 1. The van der Waals surface area contributed by atoms with Crippen LogP contribution in [0.4, 0.5) is 32.8 Å². The Morgan fingerprint density at radius 2 is 1.43 bits per heavy atom. The topological polar surface area (TPSA) is 113 Å². The molecule has 54 heavy (non-hydrogen) atoms. The smallest absolute Gasteiger partial charge is 0.294 e. The molecule has 7 rings (SSSR count). The maximum absolute atomic E-state index is 13.8. The van der Waals surface area contributed by atoms with Crippen molar-refractivity contribution in [2.75, 3.05) is 45.4 Å². The molecule has 276 valence electrons. The zero-order chi connectivity index (χ0) is 38.0. The molecule has 10 nitrogen and oxygen atoms in total. The van der Waals surface area contributed by atoms with Crippen LogP contribution >= 0.6 is 11.9 Å². The summed E-state index contributed by atoms with van der Waals surface area (Å²) in [4.78, 5) is 16.5. The van der Waals surface area contributed by atoms with Crippen molar-refractivity contribution in [2.45, 2.75) is 23.6 Å². The van der Waals surface area contributed by atoms with Crippen molar-refractivity contribution in [3.8, 4) is 22.4 Å². The van der Waals surface area contributed by atoms with Gasteiger partial charge in [0.25, 0.3) is 15.7 Å². The van der Waals surface area contributed by atoms with Crippen LogP contribution in [0.15, 0.2) is 131 Å². The molecular weight excluding hydrogens is 724 g/mol. The van der Waals surface area contributed by atoms with Crippen LogP contribution in [0.2, 0.25) is 0 Å². The van der Waals surface area contributed by atoms with Gasteiger partial charge in [-0.1, -0.05) is 30.3 Å². The van der Waals surface area contributed by atoms with Gasteiger partial charge in [0.15, 0.2) is 0 Å². The highest BCUT2D eigenvalue weighted by Gasteiger charge is 2.24. The lowest BCUT2D eigenvalue weighted by atomic mass is 9.97. The number of hydrogen-bond acceptors (Lipinski definition) is 8. The van der Waals surface area contributed by atoms with Gasteiger partial charge < -0.3 is 19.1 Å². The Labute approximate surface area is 318 Å². The van der Waals surface area contributed by atoms with Gasteiger partial charge in [0.2, 0.25) is 0 Å². The van der Waals surface area contributed by atoms with Crippen molar-refractivity contribution >= 4 is 50.4 Å². The van der Waals surface area contributed by atoms with Gasteiger partial charge in [-0.3, -0.25) is 14.8 Å². The van der Waals surface area contributed by atoms with Crippen molar-refractivity contribution in [3.05, 3.63) is 149 Å². The third kappa shape index (κ3) is 7.64. The van der Waals surface area contributed by atoms with Gasteiger partial charge >= 0.3 is 0 Å². The third-order valence-corrected chi connectivity index (χ3v) is 12.1. The number of anilines is 4. The van der Waals surface area contributed by atoms with Crippen molar-refractivity contribution in [2.24, 2.45) is 7.05 Å². The predicted octanol–water partition coefficient (Wildman–Crippen LogP) is 9.27. The minimum Gasteiger partial charge on any atom is -0.368 e. The summed E-state index contributed by atoms with van der Waals surface area (Å²) in [5, 5.41) is 11.8. The normalized spacial score (nSPS) is 13.2. The molecule has 2 heterocycles. The third-order valence-electron chi connectivity index (χ3n) is 9.87. The van der Waals surface area contributed by atoms with E-state index in [9.17, 15) is 22.9 Å². The first kappa shape index (κ1) is 36.6. The first-order valence-electron chi connectivity index (χ1n) is 17.4. The molecule has 1 aliphatic rings. The van der Waals surface area contributed by atoms with Gasteiger partial charge in [0.1, 0.15) is 11.5 Å². The lowest BCUT2D eigenvalue weighted by Gasteiger charge is -2.37. The summed E-state index contributed by atoms with van der Waals surface area (Å²) in [7, 11) is -2.05. The second-order valence-electron chi connectivity index (χ2n) is 13.1. The fraction of sp³-hybridized carbons (Fsp3) is 0.171. The van der Waals surface area contributed by atoms with Gasteiger partial charge in [-0.2, -0.15) is 0 Å². The Hall–Kier alpha value is -5.79. The lowest BCUT2D eigenvalue weighted by molar-refractivity contribution is -0.384. The van der Waals surface area contributed by atoms with Crippen LogP contribution < -0.4 is 19.2 Å². The monoisotopic (exact) mass is 762 g/mol. The van der Waals surface area contributed by atoms with Crippen LogP contribution in [0.1, 0.15) is 11.3 Å². The fourth-order valence-corrected chi connectivity index (χ4v) is 8.57. The van der Waals surface area contributed by atoms with Gasteiger partial charge in [-0.25, -0.2) is 12.8 Å². The minimum absolute atomic E-state index is 0.197. The van der Waals surface area contributed by atoms with Crippen LogP contribution in [0.5, 0.6) is 0 Å². The molecule has 0 spiro atoms. The summed E-state index contributed by atoms with van der Waals surface area (Å²) < 4.78 is 48.0. The number of nitro groups is 1. The van der Waals surface area contributed by atoms with Crippen molar-refractivity contribution < 1.29 is 17.7 Å². The fourth-order valence-electron chi connectivity index (χ4n) is 6.80.